The van der Waals surface area contributed by atoms with E-state index in [0.717, 1.165) is 25.7 Å². The lowest BCUT2D eigenvalue weighted by Gasteiger charge is -2.22. The summed E-state index contributed by atoms with van der Waals surface area (Å²) >= 11 is 0. The van der Waals surface area contributed by atoms with Crippen LogP contribution in [0, 0.1) is 11.3 Å². The first-order valence-electron chi connectivity index (χ1n) is 7.87. The molecule has 1 saturated carbocycles. The van der Waals surface area contributed by atoms with E-state index in [1.54, 1.807) is 24.3 Å². The summed E-state index contributed by atoms with van der Waals surface area (Å²) < 4.78 is 1.45. The van der Waals surface area contributed by atoms with Crippen LogP contribution in [0.25, 0.3) is 5.69 Å². The van der Waals surface area contributed by atoms with Crippen molar-refractivity contribution >= 4 is 11.7 Å². The number of nitrogens with one attached hydrogen (secondary N) is 1. The molecule has 1 amide bonds. The Morgan fingerprint density at radius 1 is 1.38 bits per heavy atom. The van der Waals surface area contributed by atoms with Crippen molar-refractivity contribution in [1.29, 1.82) is 5.26 Å². The minimum atomic E-state index is -0.771. The molecule has 0 unspecified atom stereocenters. The van der Waals surface area contributed by atoms with E-state index in [-0.39, 0.29) is 18.3 Å². The van der Waals surface area contributed by atoms with Crippen molar-refractivity contribution in [3.63, 3.8) is 0 Å². The number of aromatic nitrogens is 2. The van der Waals surface area contributed by atoms with Crippen molar-refractivity contribution in [1.82, 2.24) is 15.1 Å². The SMILES string of the molecule is N#Cc1cnn(-c2ccc(C(=O)NCC3(O)CCCC3)cc2)c1N. The van der Waals surface area contributed by atoms with Crippen LogP contribution in [0.1, 0.15) is 41.6 Å². The molecule has 2 aromatic rings. The first kappa shape index (κ1) is 16.0. The number of nitrogens with zero attached hydrogens (tertiary/aromatic N) is 3. The van der Waals surface area contributed by atoms with Crippen LogP contribution in [0.3, 0.4) is 0 Å². The lowest BCUT2D eigenvalue weighted by molar-refractivity contribution is 0.0449. The number of hydrogen-bond donors (Lipinski definition) is 3. The van der Waals surface area contributed by atoms with Crippen molar-refractivity contribution in [2.75, 3.05) is 12.3 Å². The third-order valence-electron chi connectivity index (χ3n) is 4.41. The molecule has 1 aliphatic carbocycles. The van der Waals surface area contributed by atoms with Gasteiger partial charge in [-0.2, -0.15) is 10.4 Å². The number of rotatable bonds is 4. The summed E-state index contributed by atoms with van der Waals surface area (Å²) in [6, 6.07) is 8.72. The number of amides is 1. The monoisotopic (exact) mass is 325 g/mol. The third kappa shape index (κ3) is 3.09. The molecule has 0 radical (unpaired) electrons. The fourth-order valence-electron chi connectivity index (χ4n) is 2.96. The molecule has 24 heavy (non-hydrogen) atoms. The molecular formula is C17H19N5O2. The van der Waals surface area contributed by atoms with Crippen LogP contribution in [0.4, 0.5) is 5.82 Å². The molecule has 0 bridgehead atoms. The van der Waals surface area contributed by atoms with Gasteiger partial charge in [-0.05, 0) is 37.1 Å². The Labute approximate surface area is 139 Å². The summed E-state index contributed by atoms with van der Waals surface area (Å²) in [6.07, 6.45) is 4.85. The van der Waals surface area contributed by atoms with Crippen LogP contribution in [0.5, 0.6) is 0 Å². The molecule has 7 heteroatoms. The number of nitriles is 1. The van der Waals surface area contributed by atoms with E-state index < -0.39 is 5.60 Å². The third-order valence-corrected chi connectivity index (χ3v) is 4.41. The van der Waals surface area contributed by atoms with Crippen molar-refractivity contribution < 1.29 is 9.90 Å². The number of hydrogen-bond acceptors (Lipinski definition) is 5. The van der Waals surface area contributed by atoms with Gasteiger partial charge in [0.2, 0.25) is 0 Å². The van der Waals surface area contributed by atoms with Crippen molar-refractivity contribution in [2.45, 2.75) is 31.3 Å². The maximum atomic E-state index is 12.2. The zero-order chi connectivity index (χ0) is 17.2. The predicted molar refractivity (Wildman–Crippen MR) is 88.4 cm³/mol. The quantitative estimate of drug-likeness (QED) is 0.784. The Morgan fingerprint density at radius 2 is 2.04 bits per heavy atom. The van der Waals surface area contributed by atoms with Gasteiger partial charge in [0.25, 0.3) is 5.91 Å². The second kappa shape index (κ2) is 6.34. The summed E-state index contributed by atoms with van der Waals surface area (Å²) in [5, 5.41) is 26.0. The van der Waals surface area contributed by atoms with Crippen LogP contribution in [-0.2, 0) is 0 Å². The molecule has 0 aliphatic heterocycles. The van der Waals surface area contributed by atoms with E-state index in [9.17, 15) is 9.90 Å². The normalized spacial score (nSPS) is 15.8. The Kier molecular flexibility index (Phi) is 4.23. The van der Waals surface area contributed by atoms with Gasteiger partial charge >= 0.3 is 0 Å². The van der Waals surface area contributed by atoms with Crippen molar-refractivity contribution in [2.24, 2.45) is 0 Å². The Hall–Kier alpha value is -2.85. The van der Waals surface area contributed by atoms with Crippen LogP contribution < -0.4 is 11.1 Å². The zero-order valence-corrected chi connectivity index (χ0v) is 13.2. The molecule has 1 aromatic carbocycles. The summed E-state index contributed by atoms with van der Waals surface area (Å²) in [5.41, 5.74) is 6.54. The molecule has 0 spiro atoms. The predicted octanol–water partition coefficient (Wildman–Crippen LogP) is 1.36. The molecule has 7 nitrogen and oxygen atoms in total. The van der Waals surface area contributed by atoms with Crippen LogP contribution in [-0.4, -0.2) is 32.9 Å². The van der Waals surface area contributed by atoms with Gasteiger partial charge in [0.15, 0.2) is 0 Å². The Bertz CT molecular complexity index is 782. The maximum Gasteiger partial charge on any atom is 0.251 e. The van der Waals surface area contributed by atoms with Gasteiger partial charge < -0.3 is 16.2 Å². The lowest BCUT2D eigenvalue weighted by Crippen LogP contribution is -2.40. The summed E-state index contributed by atoms with van der Waals surface area (Å²) in [6.45, 7) is 0.269. The van der Waals surface area contributed by atoms with E-state index in [1.807, 2.05) is 6.07 Å². The fourth-order valence-corrected chi connectivity index (χ4v) is 2.96. The molecule has 3 rings (SSSR count). The number of aliphatic hydroxyl groups is 1. The zero-order valence-electron chi connectivity index (χ0n) is 13.2. The fraction of sp³-hybridized carbons (Fsp3) is 0.353. The van der Waals surface area contributed by atoms with E-state index in [0.29, 0.717) is 16.8 Å². The van der Waals surface area contributed by atoms with E-state index in [1.165, 1.54) is 10.9 Å². The van der Waals surface area contributed by atoms with Gasteiger partial charge in [0, 0.05) is 12.1 Å². The second-order valence-corrected chi connectivity index (χ2v) is 6.13. The molecule has 124 valence electrons. The number of nitrogens with two attached hydrogens (primary N) is 1. The molecule has 1 aliphatic rings. The van der Waals surface area contributed by atoms with Crippen LogP contribution >= 0.6 is 0 Å². The second-order valence-electron chi connectivity index (χ2n) is 6.13. The van der Waals surface area contributed by atoms with Crippen LogP contribution in [0.15, 0.2) is 30.5 Å². The Morgan fingerprint density at radius 3 is 2.62 bits per heavy atom. The molecule has 1 aromatic heterocycles. The molecule has 4 N–H and O–H groups in total. The highest BCUT2D eigenvalue weighted by molar-refractivity contribution is 5.94. The van der Waals surface area contributed by atoms with E-state index in [4.69, 9.17) is 11.0 Å². The minimum Gasteiger partial charge on any atom is -0.388 e. The average molecular weight is 325 g/mol. The van der Waals surface area contributed by atoms with Crippen molar-refractivity contribution in [3.8, 4) is 11.8 Å². The van der Waals surface area contributed by atoms with Gasteiger partial charge in [0.1, 0.15) is 17.5 Å². The summed E-state index contributed by atoms with van der Waals surface area (Å²) in [4.78, 5) is 12.2. The first-order valence-corrected chi connectivity index (χ1v) is 7.87. The minimum absolute atomic E-state index is 0.229. The molecule has 1 fully saturated rings. The standard InChI is InChI=1S/C17H19N5O2/c18-9-13-10-21-22(15(13)19)14-5-3-12(4-6-14)16(23)20-11-17(24)7-1-2-8-17/h3-6,10,24H,1-2,7-8,11,19H2,(H,20,23). The number of benzene rings is 1. The van der Waals surface area contributed by atoms with Gasteiger partial charge in [-0.15, -0.1) is 0 Å². The highest BCUT2D eigenvalue weighted by atomic mass is 16.3. The molecular weight excluding hydrogens is 306 g/mol. The Balaban J connectivity index is 1.68. The highest BCUT2D eigenvalue weighted by Crippen LogP contribution is 2.28. The smallest absolute Gasteiger partial charge is 0.251 e. The topological polar surface area (TPSA) is 117 Å². The molecule has 1 heterocycles. The number of carbonyl (C=O) groups is 1. The van der Waals surface area contributed by atoms with Gasteiger partial charge in [-0.3, -0.25) is 4.79 Å². The van der Waals surface area contributed by atoms with Crippen molar-refractivity contribution in [3.05, 3.63) is 41.6 Å². The first-order chi connectivity index (χ1) is 11.5. The summed E-state index contributed by atoms with van der Waals surface area (Å²) in [7, 11) is 0. The van der Waals surface area contributed by atoms with E-state index in [2.05, 4.69) is 10.4 Å². The molecule has 0 saturated heterocycles. The van der Waals surface area contributed by atoms with Gasteiger partial charge in [-0.1, -0.05) is 12.8 Å². The van der Waals surface area contributed by atoms with Gasteiger partial charge in [0.05, 0.1) is 17.5 Å². The lowest BCUT2D eigenvalue weighted by atomic mass is 10.0. The molecule has 0 atom stereocenters. The maximum absolute atomic E-state index is 12.2. The van der Waals surface area contributed by atoms with Gasteiger partial charge in [-0.25, -0.2) is 4.68 Å². The van der Waals surface area contributed by atoms with E-state index >= 15 is 0 Å². The largest absolute Gasteiger partial charge is 0.388 e. The number of carbonyl (C=O) groups excluding carboxylic acids is 1. The number of nitrogen functional groups attached to an aromatic ring is 1. The summed E-state index contributed by atoms with van der Waals surface area (Å²) in [5.74, 6) is 0.0335. The number of anilines is 1. The van der Waals surface area contributed by atoms with Crippen LogP contribution in [0.2, 0.25) is 0 Å². The average Bonchev–Trinajstić information content (AvgIpc) is 3.19. The highest BCUT2D eigenvalue weighted by Gasteiger charge is 2.31.